The van der Waals surface area contributed by atoms with E-state index in [-0.39, 0.29) is 13.4 Å². The average molecular weight is 310 g/mol. The Bertz CT molecular complexity index is 630. The van der Waals surface area contributed by atoms with Gasteiger partial charge in [-0.15, -0.1) is 5.10 Å². The Balaban J connectivity index is 1.81. The summed E-state index contributed by atoms with van der Waals surface area (Å²) >= 11 is 6.14. The Labute approximate surface area is 127 Å². The van der Waals surface area contributed by atoms with E-state index < -0.39 is 0 Å². The predicted molar refractivity (Wildman–Crippen MR) is 76.3 cm³/mol. The van der Waals surface area contributed by atoms with Crippen LogP contribution in [0.5, 0.6) is 5.75 Å². The molecule has 3 rings (SSSR count). The lowest BCUT2D eigenvalue weighted by Gasteiger charge is -2.21. The summed E-state index contributed by atoms with van der Waals surface area (Å²) < 4.78 is 12.6. The van der Waals surface area contributed by atoms with Crippen LogP contribution in [-0.2, 0) is 24.3 Å². The highest BCUT2D eigenvalue weighted by molar-refractivity contribution is 6.30. The van der Waals surface area contributed by atoms with Crippen molar-refractivity contribution >= 4 is 11.6 Å². The number of aliphatic hydroxyl groups is 1. The molecule has 0 radical (unpaired) electrons. The zero-order valence-electron chi connectivity index (χ0n) is 11.5. The van der Waals surface area contributed by atoms with Crippen molar-refractivity contribution in [3.05, 3.63) is 40.2 Å². The largest absolute Gasteiger partial charge is 0.467 e. The second-order valence-electron chi connectivity index (χ2n) is 4.90. The van der Waals surface area contributed by atoms with Crippen LogP contribution in [-0.4, -0.2) is 33.5 Å². The molecule has 6 nitrogen and oxygen atoms in total. The van der Waals surface area contributed by atoms with Gasteiger partial charge in [0.15, 0.2) is 6.79 Å². The van der Waals surface area contributed by atoms with E-state index in [0.29, 0.717) is 31.0 Å². The number of halogens is 1. The van der Waals surface area contributed by atoms with Crippen LogP contribution in [0.1, 0.15) is 23.2 Å². The van der Waals surface area contributed by atoms with Crippen LogP contribution >= 0.6 is 11.6 Å². The smallest absolute Gasteiger partial charge is 0.189 e. The van der Waals surface area contributed by atoms with Crippen molar-refractivity contribution in [3.8, 4) is 5.75 Å². The fourth-order valence-corrected chi connectivity index (χ4v) is 2.60. The molecule has 0 aliphatic carbocycles. The van der Waals surface area contributed by atoms with E-state index in [1.807, 2.05) is 18.3 Å². The number of hydrogen-bond donors (Lipinski definition) is 1. The van der Waals surface area contributed by atoms with Crippen LogP contribution in [0.15, 0.2) is 18.3 Å². The highest BCUT2D eigenvalue weighted by atomic mass is 35.5. The molecule has 0 saturated heterocycles. The van der Waals surface area contributed by atoms with Gasteiger partial charge in [-0.05, 0) is 25.0 Å². The highest BCUT2D eigenvalue weighted by Crippen LogP contribution is 2.32. The van der Waals surface area contributed by atoms with Crippen LogP contribution in [0.25, 0.3) is 0 Å². The molecule has 1 N–H and O–H groups in total. The lowest BCUT2D eigenvalue weighted by molar-refractivity contribution is -0.0171. The number of ether oxygens (including phenoxy) is 2. The summed E-state index contributed by atoms with van der Waals surface area (Å²) in [6.07, 6.45) is 3.28. The van der Waals surface area contributed by atoms with Crippen LogP contribution in [0, 0.1) is 0 Å². The molecule has 1 aromatic heterocycles. The molecule has 1 aliphatic heterocycles. The maximum absolute atomic E-state index is 8.83. The van der Waals surface area contributed by atoms with Crippen LogP contribution in [0.3, 0.4) is 0 Å². The fraction of sp³-hybridized carbons (Fsp3) is 0.429. The monoisotopic (exact) mass is 309 g/mol. The molecular weight excluding hydrogens is 294 g/mol. The summed E-state index contributed by atoms with van der Waals surface area (Å²) in [7, 11) is 0. The minimum Gasteiger partial charge on any atom is -0.467 e. The summed E-state index contributed by atoms with van der Waals surface area (Å²) in [5.41, 5.74) is 2.77. The summed E-state index contributed by atoms with van der Waals surface area (Å²) in [5, 5.41) is 17.7. The van der Waals surface area contributed by atoms with E-state index in [0.717, 1.165) is 22.6 Å². The number of aromatic nitrogens is 3. The van der Waals surface area contributed by atoms with Crippen LogP contribution in [0.2, 0.25) is 5.02 Å². The van der Waals surface area contributed by atoms with Gasteiger partial charge < -0.3 is 14.6 Å². The van der Waals surface area contributed by atoms with Gasteiger partial charge in [0.25, 0.3) is 0 Å². The Morgan fingerprint density at radius 3 is 3.14 bits per heavy atom. The van der Waals surface area contributed by atoms with Gasteiger partial charge >= 0.3 is 0 Å². The average Bonchev–Trinajstić information content (AvgIpc) is 2.92. The van der Waals surface area contributed by atoms with Crippen molar-refractivity contribution in [2.24, 2.45) is 0 Å². The highest BCUT2D eigenvalue weighted by Gasteiger charge is 2.17. The lowest BCUT2D eigenvalue weighted by Crippen LogP contribution is -2.14. The first kappa shape index (κ1) is 14.3. The van der Waals surface area contributed by atoms with Crippen LogP contribution in [0.4, 0.5) is 0 Å². The van der Waals surface area contributed by atoms with Gasteiger partial charge in [-0.25, -0.2) is 4.68 Å². The summed E-state index contributed by atoms with van der Waals surface area (Å²) in [6, 6.07) is 3.73. The molecule has 1 aliphatic rings. The van der Waals surface area contributed by atoms with Crippen molar-refractivity contribution in [2.45, 2.75) is 26.0 Å². The molecule has 0 saturated carbocycles. The molecule has 0 atom stereocenters. The lowest BCUT2D eigenvalue weighted by atomic mass is 10.1. The van der Waals surface area contributed by atoms with Crippen molar-refractivity contribution in [2.75, 3.05) is 13.4 Å². The number of hydrogen-bond acceptors (Lipinski definition) is 5. The van der Waals surface area contributed by atoms with Gasteiger partial charge in [-0.2, -0.15) is 0 Å². The van der Waals surface area contributed by atoms with E-state index in [4.69, 9.17) is 26.2 Å². The van der Waals surface area contributed by atoms with Crippen molar-refractivity contribution in [1.29, 1.82) is 0 Å². The molecule has 1 aromatic carbocycles. The Morgan fingerprint density at radius 1 is 1.38 bits per heavy atom. The van der Waals surface area contributed by atoms with Crippen molar-refractivity contribution in [3.63, 3.8) is 0 Å². The molecule has 112 valence electrons. The summed E-state index contributed by atoms with van der Waals surface area (Å²) in [6.45, 7) is 1.44. The van der Waals surface area contributed by atoms with Gasteiger partial charge in [0, 0.05) is 29.0 Å². The number of rotatable bonds is 5. The molecule has 2 aromatic rings. The van der Waals surface area contributed by atoms with E-state index in [1.54, 1.807) is 4.68 Å². The fourth-order valence-electron chi connectivity index (χ4n) is 2.34. The number of nitrogens with zero attached hydrogens (tertiary/aromatic N) is 3. The molecular formula is C14H16ClN3O3. The number of fused-ring (bicyclic) bond motifs is 1. The zero-order valence-corrected chi connectivity index (χ0v) is 12.2. The number of benzene rings is 1. The summed E-state index contributed by atoms with van der Waals surface area (Å²) in [4.78, 5) is 0. The minimum absolute atomic E-state index is 0.155. The molecule has 7 heteroatoms. The third-order valence-electron chi connectivity index (χ3n) is 3.26. The maximum Gasteiger partial charge on any atom is 0.189 e. The zero-order chi connectivity index (χ0) is 14.7. The SMILES string of the molecule is OCCCc1cn(Cc2cc(Cl)cc3c2OCOC3)nn1. The van der Waals surface area contributed by atoms with Gasteiger partial charge in [0.2, 0.25) is 0 Å². The van der Waals surface area contributed by atoms with Gasteiger partial charge in [0.05, 0.1) is 18.8 Å². The molecule has 2 heterocycles. The van der Waals surface area contributed by atoms with Gasteiger partial charge in [-0.1, -0.05) is 16.8 Å². The first-order valence-electron chi connectivity index (χ1n) is 6.78. The van der Waals surface area contributed by atoms with Crippen molar-refractivity contribution < 1.29 is 14.6 Å². The quantitative estimate of drug-likeness (QED) is 0.911. The first-order valence-corrected chi connectivity index (χ1v) is 7.16. The molecule has 0 spiro atoms. The van der Waals surface area contributed by atoms with Crippen molar-refractivity contribution in [1.82, 2.24) is 15.0 Å². The van der Waals surface area contributed by atoms with E-state index >= 15 is 0 Å². The van der Waals surface area contributed by atoms with Crippen LogP contribution < -0.4 is 4.74 Å². The van der Waals surface area contributed by atoms with E-state index in [2.05, 4.69) is 10.3 Å². The van der Waals surface area contributed by atoms with Gasteiger partial charge in [0.1, 0.15) is 5.75 Å². The Morgan fingerprint density at radius 2 is 2.29 bits per heavy atom. The minimum atomic E-state index is 0.155. The molecule has 21 heavy (non-hydrogen) atoms. The predicted octanol–water partition coefficient (Wildman–Crippen LogP) is 1.77. The van der Waals surface area contributed by atoms with Gasteiger partial charge in [-0.3, -0.25) is 0 Å². The normalized spacial score (nSPS) is 13.8. The Kier molecular flexibility index (Phi) is 4.38. The standard InChI is InChI=1S/C14H16ClN3O3/c15-12-4-10(14-11(5-12)8-20-9-21-14)6-18-7-13(16-17-18)2-1-3-19/h4-5,7,19H,1-3,6,8-9H2. The number of aliphatic hydroxyl groups excluding tert-OH is 1. The molecule has 0 amide bonds. The third-order valence-corrected chi connectivity index (χ3v) is 3.48. The third kappa shape index (κ3) is 3.34. The van der Waals surface area contributed by atoms with E-state index in [1.165, 1.54) is 0 Å². The second kappa shape index (κ2) is 6.43. The summed E-state index contributed by atoms with van der Waals surface area (Å²) in [5.74, 6) is 0.818. The molecule has 0 fully saturated rings. The number of aryl methyl sites for hydroxylation is 1. The van der Waals surface area contributed by atoms with E-state index in [9.17, 15) is 0 Å². The molecule has 0 bridgehead atoms. The topological polar surface area (TPSA) is 69.4 Å². The Hall–Kier alpha value is -1.63. The second-order valence-corrected chi connectivity index (χ2v) is 5.33. The maximum atomic E-state index is 8.83. The first-order chi connectivity index (χ1) is 10.3. The molecule has 0 unspecified atom stereocenters.